The first-order valence-electron chi connectivity index (χ1n) is 7.67. The molecule has 1 atom stereocenters. The van der Waals surface area contributed by atoms with Gasteiger partial charge in [-0.3, -0.25) is 4.79 Å². The number of amides is 1. The van der Waals surface area contributed by atoms with Gasteiger partial charge in [0.15, 0.2) is 0 Å². The Morgan fingerprint density at radius 2 is 1.86 bits per heavy atom. The highest BCUT2D eigenvalue weighted by Gasteiger charge is 2.39. The summed E-state index contributed by atoms with van der Waals surface area (Å²) >= 11 is 0. The van der Waals surface area contributed by atoms with E-state index in [2.05, 4.69) is 10.2 Å². The Morgan fingerprint density at radius 1 is 1.19 bits per heavy atom. The van der Waals surface area contributed by atoms with Gasteiger partial charge in [-0.25, -0.2) is 0 Å². The number of phenolic OH excluding ortho intramolecular Hbond substituents is 1. The van der Waals surface area contributed by atoms with Gasteiger partial charge < -0.3 is 20.2 Å². The van der Waals surface area contributed by atoms with Gasteiger partial charge >= 0.3 is 0 Å². The molecular formula is C16H23N3O2. The Balaban J connectivity index is 1.60. The highest BCUT2D eigenvalue weighted by Crippen LogP contribution is 2.24. The molecule has 0 saturated carbocycles. The second-order valence-corrected chi connectivity index (χ2v) is 6.16. The average molecular weight is 289 g/mol. The Bertz CT molecular complexity index is 501. The lowest BCUT2D eigenvalue weighted by atomic mass is 9.98. The van der Waals surface area contributed by atoms with Crippen LogP contribution in [0, 0.1) is 0 Å². The minimum absolute atomic E-state index is 0.241. The molecule has 2 fully saturated rings. The highest BCUT2D eigenvalue weighted by molar-refractivity contribution is 5.86. The number of anilines is 1. The van der Waals surface area contributed by atoms with Gasteiger partial charge in [-0.2, -0.15) is 0 Å². The third-order valence-corrected chi connectivity index (χ3v) is 4.62. The molecule has 2 aliphatic rings. The van der Waals surface area contributed by atoms with Crippen LogP contribution in [0.5, 0.6) is 5.75 Å². The zero-order valence-corrected chi connectivity index (χ0v) is 12.5. The maximum atomic E-state index is 12.6. The van der Waals surface area contributed by atoms with Crippen molar-refractivity contribution in [3.05, 3.63) is 24.3 Å². The lowest BCUT2D eigenvalue weighted by Gasteiger charge is -2.39. The molecule has 1 amide bonds. The summed E-state index contributed by atoms with van der Waals surface area (Å²) in [5, 5.41) is 12.7. The third kappa shape index (κ3) is 2.83. The standard InChI is InChI=1S/C16H23N3O2/c1-16(7-2-8-17-16)15(21)19-11-9-18(10-12-19)13-3-5-14(20)6-4-13/h3-6,17,20H,2,7-12H2,1H3. The molecule has 21 heavy (non-hydrogen) atoms. The molecule has 2 heterocycles. The summed E-state index contributed by atoms with van der Waals surface area (Å²) in [7, 11) is 0. The molecule has 0 bridgehead atoms. The van der Waals surface area contributed by atoms with Crippen LogP contribution in [0.4, 0.5) is 5.69 Å². The van der Waals surface area contributed by atoms with Crippen molar-refractivity contribution < 1.29 is 9.90 Å². The molecule has 0 aromatic heterocycles. The van der Waals surface area contributed by atoms with Crippen molar-refractivity contribution in [2.75, 3.05) is 37.6 Å². The normalized spacial score (nSPS) is 26.1. The van der Waals surface area contributed by atoms with E-state index in [1.807, 2.05) is 24.0 Å². The molecule has 0 spiro atoms. The lowest BCUT2D eigenvalue weighted by molar-refractivity contribution is -0.137. The van der Waals surface area contributed by atoms with Crippen molar-refractivity contribution >= 4 is 11.6 Å². The van der Waals surface area contributed by atoms with E-state index in [9.17, 15) is 9.90 Å². The fourth-order valence-electron chi connectivity index (χ4n) is 3.26. The quantitative estimate of drug-likeness (QED) is 0.858. The number of rotatable bonds is 2. The van der Waals surface area contributed by atoms with E-state index in [-0.39, 0.29) is 17.2 Å². The van der Waals surface area contributed by atoms with Gasteiger partial charge in [0.05, 0.1) is 5.54 Å². The Labute approximate surface area is 125 Å². The molecule has 5 nitrogen and oxygen atoms in total. The first-order chi connectivity index (χ1) is 10.1. The van der Waals surface area contributed by atoms with E-state index < -0.39 is 0 Å². The first kappa shape index (κ1) is 14.2. The maximum Gasteiger partial charge on any atom is 0.242 e. The summed E-state index contributed by atoms with van der Waals surface area (Å²) in [4.78, 5) is 16.9. The van der Waals surface area contributed by atoms with E-state index in [0.717, 1.165) is 51.3 Å². The highest BCUT2D eigenvalue weighted by atomic mass is 16.3. The maximum absolute atomic E-state index is 12.6. The van der Waals surface area contributed by atoms with Crippen LogP contribution in [0.1, 0.15) is 19.8 Å². The van der Waals surface area contributed by atoms with Crippen molar-refractivity contribution in [1.82, 2.24) is 10.2 Å². The summed E-state index contributed by atoms with van der Waals surface area (Å²) in [6.07, 6.45) is 2.01. The predicted octanol–water partition coefficient (Wildman–Crippen LogP) is 1.18. The number of carbonyl (C=O) groups is 1. The molecule has 3 rings (SSSR count). The number of nitrogens with one attached hydrogen (secondary N) is 1. The first-order valence-corrected chi connectivity index (χ1v) is 7.67. The summed E-state index contributed by atoms with van der Waals surface area (Å²) in [6, 6.07) is 7.26. The van der Waals surface area contributed by atoms with Crippen molar-refractivity contribution in [1.29, 1.82) is 0 Å². The summed E-state index contributed by atoms with van der Waals surface area (Å²) in [5.41, 5.74) is 0.742. The number of carbonyl (C=O) groups excluding carboxylic acids is 1. The van der Waals surface area contributed by atoms with Gasteiger partial charge in [-0.1, -0.05) is 0 Å². The molecule has 1 aromatic rings. The van der Waals surface area contributed by atoms with Crippen LogP contribution in [-0.2, 0) is 4.79 Å². The number of nitrogens with zero attached hydrogens (tertiary/aromatic N) is 2. The number of piperazine rings is 1. The van der Waals surface area contributed by atoms with Crippen LogP contribution < -0.4 is 10.2 Å². The fourth-order valence-corrected chi connectivity index (χ4v) is 3.26. The van der Waals surface area contributed by atoms with Gasteiger partial charge in [0, 0.05) is 31.9 Å². The van der Waals surface area contributed by atoms with Crippen molar-refractivity contribution in [3.8, 4) is 5.75 Å². The molecule has 0 radical (unpaired) electrons. The van der Waals surface area contributed by atoms with Crippen LogP contribution >= 0.6 is 0 Å². The lowest BCUT2D eigenvalue weighted by Crippen LogP contribution is -2.58. The van der Waals surface area contributed by atoms with Gasteiger partial charge in [0.25, 0.3) is 0 Å². The zero-order valence-electron chi connectivity index (χ0n) is 12.5. The smallest absolute Gasteiger partial charge is 0.242 e. The van der Waals surface area contributed by atoms with Crippen LogP contribution in [0.2, 0.25) is 0 Å². The molecule has 5 heteroatoms. The molecular weight excluding hydrogens is 266 g/mol. The van der Waals surface area contributed by atoms with Crippen molar-refractivity contribution in [2.24, 2.45) is 0 Å². The molecule has 2 saturated heterocycles. The Hall–Kier alpha value is -1.75. The van der Waals surface area contributed by atoms with Crippen molar-refractivity contribution in [2.45, 2.75) is 25.3 Å². The third-order valence-electron chi connectivity index (χ3n) is 4.62. The second-order valence-electron chi connectivity index (χ2n) is 6.16. The van der Waals surface area contributed by atoms with Gasteiger partial charge in [-0.05, 0) is 50.6 Å². The number of aromatic hydroxyl groups is 1. The summed E-state index contributed by atoms with van der Waals surface area (Å²) in [5.74, 6) is 0.526. The van der Waals surface area contributed by atoms with E-state index in [0.29, 0.717) is 0 Å². The number of hydrogen-bond donors (Lipinski definition) is 2. The second kappa shape index (κ2) is 5.56. The molecule has 114 valence electrons. The van der Waals surface area contributed by atoms with Gasteiger partial charge in [0.2, 0.25) is 5.91 Å². The van der Waals surface area contributed by atoms with Crippen LogP contribution in [-0.4, -0.2) is 54.2 Å². The monoisotopic (exact) mass is 289 g/mol. The topological polar surface area (TPSA) is 55.8 Å². The van der Waals surface area contributed by atoms with E-state index in [4.69, 9.17) is 0 Å². The predicted molar refractivity (Wildman–Crippen MR) is 82.5 cm³/mol. The summed E-state index contributed by atoms with van der Waals surface area (Å²) in [6.45, 7) is 6.16. The molecule has 1 unspecified atom stereocenters. The SMILES string of the molecule is CC1(C(=O)N2CCN(c3ccc(O)cc3)CC2)CCCN1. The summed E-state index contributed by atoms with van der Waals surface area (Å²) < 4.78 is 0. The minimum atomic E-state index is -0.360. The number of benzene rings is 1. The Morgan fingerprint density at radius 3 is 2.43 bits per heavy atom. The molecule has 2 N–H and O–H groups in total. The molecule has 2 aliphatic heterocycles. The minimum Gasteiger partial charge on any atom is -0.508 e. The van der Waals surface area contributed by atoms with E-state index in [1.165, 1.54) is 0 Å². The van der Waals surface area contributed by atoms with Gasteiger partial charge in [0.1, 0.15) is 5.75 Å². The van der Waals surface area contributed by atoms with Gasteiger partial charge in [-0.15, -0.1) is 0 Å². The molecule has 0 aliphatic carbocycles. The van der Waals surface area contributed by atoms with E-state index >= 15 is 0 Å². The number of hydrogen-bond acceptors (Lipinski definition) is 4. The average Bonchev–Trinajstić information content (AvgIpc) is 2.96. The Kier molecular flexibility index (Phi) is 3.76. The largest absolute Gasteiger partial charge is 0.508 e. The van der Waals surface area contributed by atoms with Crippen LogP contribution in [0.25, 0.3) is 0 Å². The van der Waals surface area contributed by atoms with Crippen LogP contribution in [0.3, 0.4) is 0 Å². The fraction of sp³-hybridized carbons (Fsp3) is 0.562. The van der Waals surface area contributed by atoms with Crippen LogP contribution in [0.15, 0.2) is 24.3 Å². The zero-order chi connectivity index (χ0) is 14.9. The van der Waals surface area contributed by atoms with Crippen molar-refractivity contribution in [3.63, 3.8) is 0 Å². The van der Waals surface area contributed by atoms with E-state index in [1.54, 1.807) is 12.1 Å². The molecule has 1 aromatic carbocycles. The number of phenols is 1.